The third kappa shape index (κ3) is 3.81. The summed E-state index contributed by atoms with van der Waals surface area (Å²) >= 11 is 0.994. The molecule has 146 valence electrons. The van der Waals surface area contributed by atoms with E-state index in [9.17, 15) is 18.0 Å². The lowest BCUT2D eigenvalue weighted by atomic mass is 10.1. The molecule has 1 atom stereocenters. The van der Waals surface area contributed by atoms with E-state index >= 15 is 0 Å². The molecule has 10 heteroatoms. The normalized spacial score (nSPS) is 12.0. The fourth-order valence-electron chi connectivity index (χ4n) is 2.43. The van der Waals surface area contributed by atoms with Crippen LogP contribution in [-0.2, 0) is 4.79 Å². The summed E-state index contributed by atoms with van der Waals surface area (Å²) in [6.45, 7) is 3.45. The molecular weight excluding hydrogens is 391 g/mol. The van der Waals surface area contributed by atoms with Gasteiger partial charge in [-0.1, -0.05) is 36.0 Å². The number of carbonyl (C=O) groups is 1. The van der Waals surface area contributed by atoms with E-state index < -0.39 is 34.3 Å². The van der Waals surface area contributed by atoms with Gasteiger partial charge in [0.15, 0.2) is 23.3 Å². The average molecular weight is 407 g/mol. The van der Waals surface area contributed by atoms with Gasteiger partial charge in [0, 0.05) is 5.56 Å². The summed E-state index contributed by atoms with van der Waals surface area (Å²) in [7, 11) is 0. The molecule has 0 aliphatic heterocycles. The number of thioether (sulfide) groups is 1. The summed E-state index contributed by atoms with van der Waals surface area (Å²) in [4.78, 5) is 12.3. The molecule has 0 bridgehead atoms. The fraction of sp³-hybridized carbons (Fsp3) is 0.167. The monoisotopic (exact) mass is 407 g/mol. The van der Waals surface area contributed by atoms with Gasteiger partial charge in [0.25, 0.3) is 0 Å². The summed E-state index contributed by atoms with van der Waals surface area (Å²) < 4.78 is 41.3. The first kappa shape index (κ1) is 19.7. The van der Waals surface area contributed by atoms with Crippen LogP contribution in [0.1, 0.15) is 12.5 Å². The quantitative estimate of drug-likeness (QED) is 0.384. The number of hydrogen-bond donors (Lipinski definition) is 2. The summed E-state index contributed by atoms with van der Waals surface area (Å²) in [5, 5.41) is 9.79. The van der Waals surface area contributed by atoms with Crippen molar-refractivity contribution in [3.63, 3.8) is 0 Å². The van der Waals surface area contributed by atoms with Crippen LogP contribution in [0.15, 0.2) is 41.6 Å². The summed E-state index contributed by atoms with van der Waals surface area (Å²) in [5.74, 6) is 1.41. The minimum absolute atomic E-state index is 0.270. The Bertz CT molecular complexity index is 1040. The van der Waals surface area contributed by atoms with Gasteiger partial charge in [-0.3, -0.25) is 4.79 Å². The topological polar surface area (TPSA) is 85.8 Å². The van der Waals surface area contributed by atoms with Crippen LogP contribution in [0.5, 0.6) is 0 Å². The highest BCUT2D eigenvalue weighted by atomic mass is 32.2. The maximum absolute atomic E-state index is 13.7. The van der Waals surface area contributed by atoms with E-state index in [0.29, 0.717) is 5.82 Å². The number of halogens is 3. The third-order valence-electron chi connectivity index (χ3n) is 3.99. The molecule has 1 amide bonds. The number of nitrogens with one attached hydrogen (secondary N) is 1. The molecule has 2 aromatic carbocycles. The van der Waals surface area contributed by atoms with E-state index in [-0.39, 0.29) is 5.16 Å². The maximum Gasteiger partial charge on any atom is 0.237 e. The number of rotatable bonds is 5. The van der Waals surface area contributed by atoms with Crippen molar-refractivity contribution in [1.29, 1.82) is 0 Å². The number of hydrogen-bond acceptors (Lipinski definition) is 5. The van der Waals surface area contributed by atoms with Crippen LogP contribution in [0.3, 0.4) is 0 Å². The molecule has 3 aromatic rings. The van der Waals surface area contributed by atoms with Gasteiger partial charge in [0.1, 0.15) is 0 Å². The van der Waals surface area contributed by atoms with Crippen LogP contribution in [0.4, 0.5) is 18.9 Å². The minimum Gasteiger partial charge on any atom is -0.335 e. The van der Waals surface area contributed by atoms with E-state index in [1.165, 1.54) is 4.68 Å². The molecule has 0 unspecified atom stereocenters. The Balaban J connectivity index is 1.75. The van der Waals surface area contributed by atoms with Gasteiger partial charge in [-0.2, -0.15) is 0 Å². The Morgan fingerprint density at radius 1 is 1.14 bits per heavy atom. The van der Waals surface area contributed by atoms with Crippen molar-refractivity contribution in [2.75, 3.05) is 11.2 Å². The molecule has 1 heterocycles. The molecule has 0 spiro atoms. The molecule has 0 radical (unpaired) electrons. The van der Waals surface area contributed by atoms with Gasteiger partial charge in [-0.25, -0.2) is 17.8 Å². The number of nitrogen functional groups attached to an aromatic ring is 1. The van der Waals surface area contributed by atoms with E-state index in [0.717, 1.165) is 35.0 Å². The Labute approximate surface area is 162 Å². The van der Waals surface area contributed by atoms with Crippen molar-refractivity contribution < 1.29 is 18.0 Å². The van der Waals surface area contributed by atoms with Gasteiger partial charge < -0.3 is 11.2 Å². The molecule has 3 rings (SSSR count). The molecule has 1 aromatic heterocycles. The highest BCUT2D eigenvalue weighted by Crippen LogP contribution is 2.27. The van der Waals surface area contributed by atoms with Crippen LogP contribution in [0.2, 0.25) is 0 Å². The maximum atomic E-state index is 13.7. The van der Waals surface area contributed by atoms with Crippen molar-refractivity contribution in [2.45, 2.75) is 24.3 Å². The van der Waals surface area contributed by atoms with Gasteiger partial charge >= 0.3 is 0 Å². The number of nitrogens with zero attached hydrogens (tertiary/aromatic N) is 3. The second kappa shape index (κ2) is 7.93. The lowest BCUT2D eigenvalue weighted by molar-refractivity contribution is -0.115. The standard InChI is InChI=1S/C18H16F3N5OS/c1-9-5-3-4-6-11(9)16-24-25-18(26(16)22)28-10(2)17(27)23-13-8-7-12(19)14(20)15(13)21/h3-8,10H,22H2,1-2H3,(H,23,27)/t10-/m0/s1. The van der Waals surface area contributed by atoms with E-state index in [1.54, 1.807) is 6.92 Å². The lowest BCUT2D eigenvalue weighted by Gasteiger charge is -2.12. The number of nitrogens with two attached hydrogens (primary N) is 1. The molecule has 0 saturated carbocycles. The molecular formula is C18H16F3N5OS. The predicted octanol–water partition coefficient (Wildman–Crippen LogP) is 3.50. The highest BCUT2D eigenvalue weighted by molar-refractivity contribution is 8.00. The van der Waals surface area contributed by atoms with Gasteiger partial charge in [-0.15, -0.1) is 10.2 Å². The van der Waals surface area contributed by atoms with Gasteiger partial charge in [0.2, 0.25) is 11.1 Å². The van der Waals surface area contributed by atoms with Crippen molar-refractivity contribution in [2.24, 2.45) is 0 Å². The summed E-state index contributed by atoms with van der Waals surface area (Å²) in [6.07, 6.45) is 0. The van der Waals surface area contributed by atoms with E-state index in [4.69, 9.17) is 5.84 Å². The molecule has 3 N–H and O–H groups in total. The number of anilines is 1. The smallest absolute Gasteiger partial charge is 0.237 e. The predicted molar refractivity (Wildman–Crippen MR) is 101 cm³/mol. The first-order valence-electron chi connectivity index (χ1n) is 8.17. The Morgan fingerprint density at radius 3 is 2.57 bits per heavy atom. The Hall–Kier alpha value is -3.01. The molecule has 0 aliphatic rings. The molecule has 0 fully saturated rings. The number of aryl methyl sites for hydroxylation is 1. The molecule has 0 saturated heterocycles. The molecule has 28 heavy (non-hydrogen) atoms. The summed E-state index contributed by atoms with van der Waals surface area (Å²) in [5.41, 5.74) is 1.30. The fourth-order valence-corrected chi connectivity index (χ4v) is 3.20. The van der Waals surface area contributed by atoms with E-state index in [1.807, 2.05) is 31.2 Å². The van der Waals surface area contributed by atoms with Gasteiger partial charge in [-0.05, 0) is 31.5 Å². The zero-order valence-electron chi connectivity index (χ0n) is 14.9. The number of aromatic nitrogens is 3. The highest BCUT2D eigenvalue weighted by Gasteiger charge is 2.22. The minimum atomic E-state index is -1.65. The third-order valence-corrected chi connectivity index (χ3v) is 5.05. The van der Waals surface area contributed by atoms with Crippen molar-refractivity contribution in [3.8, 4) is 11.4 Å². The van der Waals surface area contributed by atoms with Gasteiger partial charge in [0.05, 0.1) is 10.9 Å². The Morgan fingerprint density at radius 2 is 1.86 bits per heavy atom. The van der Waals surface area contributed by atoms with Crippen molar-refractivity contribution >= 4 is 23.4 Å². The van der Waals surface area contributed by atoms with Crippen molar-refractivity contribution in [1.82, 2.24) is 14.9 Å². The number of carbonyl (C=O) groups excluding carboxylic acids is 1. The Kier molecular flexibility index (Phi) is 5.59. The van der Waals surface area contributed by atoms with Crippen LogP contribution >= 0.6 is 11.8 Å². The first-order valence-corrected chi connectivity index (χ1v) is 9.05. The largest absolute Gasteiger partial charge is 0.335 e. The van der Waals surface area contributed by atoms with Crippen molar-refractivity contribution in [3.05, 3.63) is 59.4 Å². The number of amides is 1. The SMILES string of the molecule is Cc1ccccc1-c1nnc(S[C@@H](C)C(=O)Nc2ccc(F)c(F)c2F)n1N. The lowest BCUT2D eigenvalue weighted by Crippen LogP contribution is -2.24. The second-order valence-corrected chi connectivity index (χ2v) is 7.27. The first-order chi connectivity index (χ1) is 13.3. The average Bonchev–Trinajstić information content (AvgIpc) is 3.02. The van der Waals surface area contributed by atoms with Crippen LogP contribution < -0.4 is 11.2 Å². The zero-order valence-corrected chi connectivity index (χ0v) is 15.7. The second-order valence-electron chi connectivity index (χ2n) is 5.96. The van der Waals surface area contributed by atoms with Crippen LogP contribution in [0, 0.1) is 24.4 Å². The van der Waals surface area contributed by atoms with Crippen LogP contribution in [0.25, 0.3) is 11.4 Å². The molecule has 6 nitrogen and oxygen atoms in total. The number of benzene rings is 2. The summed E-state index contributed by atoms with van der Waals surface area (Å²) in [6, 6.07) is 9.16. The zero-order chi connectivity index (χ0) is 20.4. The van der Waals surface area contributed by atoms with Crippen LogP contribution in [-0.4, -0.2) is 26.0 Å². The molecule has 0 aliphatic carbocycles. The van der Waals surface area contributed by atoms with E-state index in [2.05, 4.69) is 15.5 Å².